The predicted molar refractivity (Wildman–Crippen MR) is 96.5 cm³/mol. The number of carbonyl (C=O) groups is 1. The van der Waals surface area contributed by atoms with Crippen molar-refractivity contribution in [3.63, 3.8) is 0 Å². The van der Waals surface area contributed by atoms with E-state index in [9.17, 15) is 14.9 Å². The maximum absolute atomic E-state index is 12.2. The summed E-state index contributed by atoms with van der Waals surface area (Å²) in [6.45, 7) is 1.77. The Labute approximate surface area is 149 Å². The number of nitrogens with one attached hydrogen (secondary N) is 1. The van der Waals surface area contributed by atoms with Crippen molar-refractivity contribution in [1.82, 2.24) is 4.98 Å². The van der Waals surface area contributed by atoms with Crippen LogP contribution in [0.2, 0.25) is 0 Å². The normalized spacial score (nSPS) is 10.2. The SMILES string of the molecule is Cc1ccc(Oc2ccc(C(=O)Nc3cccnc3)cc2)c([N+](=O)[O-])c1. The van der Waals surface area contributed by atoms with Gasteiger partial charge in [0.1, 0.15) is 5.75 Å². The van der Waals surface area contributed by atoms with E-state index in [1.165, 1.54) is 6.07 Å². The van der Waals surface area contributed by atoms with Crippen LogP contribution in [0.4, 0.5) is 11.4 Å². The second-order valence-corrected chi connectivity index (χ2v) is 5.55. The highest BCUT2D eigenvalue weighted by Crippen LogP contribution is 2.32. The van der Waals surface area contributed by atoms with Crippen LogP contribution in [0, 0.1) is 17.0 Å². The van der Waals surface area contributed by atoms with Gasteiger partial charge in [-0.25, -0.2) is 0 Å². The van der Waals surface area contributed by atoms with Gasteiger partial charge in [-0.2, -0.15) is 0 Å². The van der Waals surface area contributed by atoms with Crippen molar-refractivity contribution in [3.8, 4) is 11.5 Å². The molecule has 0 unspecified atom stereocenters. The standard InChI is InChI=1S/C19H15N3O4/c1-13-4-9-18(17(11-13)22(24)25)26-16-7-5-14(6-8-16)19(23)21-15-3-2-10-20-12-15/h2-12H,1H3,(H,21,23). The van der Waals surface area contributed by atoms with Crippen LogP contribution < -0.4 is 10.1 Å². The number of nitro groups is 1. The number of hydrogen-bond acceptors (Lipinski definition) is 5. The number of benzene rings is 2. The van der Waals surface area contributed by atoms with E-state index in [0.29, 0.717) is 17.0 Å². The quantitative estimate of drug-likeness (QED) is 0.546. The van der Waals surface area contributed by atoms with Gasteiger partial charge in [0.05, 0.1) is 16.8 Å². The van der Waals surface area contributed by atoms with Crippen LogP contribution in [0.5, 0.6) is 11.5 Å². The fourth-order valence-electron chi connectivity index (χ4n) is 2.30. The molecule has 0 spiro atoms. The first-order chi connectivity index (χ1) is 12.5. The van der Waals surface area contributed by atoms with Gasteiger partial charge in [-0.15, -0.1) is 0 Å². The molecule has 0 saturated carbocycles. The number of aromatic nitrogens is 1. The van der Waals surface area contributed by atoms with Gasteiger partial charge in [-0.1, -0.05) is 6.07 Å². The predicted octanol–water partition coefficient (Wildman–Crippen LogP) is 4.34. The van der Waals surface area contributed by atoms with Crippen LogP contribution in [0.15, 0.2) is 67.0 Å². The summed E-state index contributed by atoms with van der Waals surface area (Å²) in [5.74, 6) is 0.258. The van der Waals surface area contributed by atoms with Crippen LogP contribution in [0.1, 0.15) is 15.9 Å². The summed E-state index contributed by atoms with van der Waals surface area (Å²) in [7, 11) is 0. The molecule has 0 radical (unpaired) electrons. The zero-order valence-electron chi connectivity index (χ0n) is 13.9. The van der Waals surface area contributed by atoms with Crippen molar-refractivity contribution >= 4 is 17.3 Å². The molecule has 1 heterocycles. The highest BCUT2D eigenvalue weighted by molar-refractivity contribution is 6.04. The molecule has 7 heteroatoms. The lowest BCUT2D eigenvalue weighted by Gasteiger charge is -2.08. The third kappa shape index (κ3) is 4.02. The van der Waals surface area contributed by atoms with Crippen molar-refractivity contribution in [2.45, 2.75) is 6.92 Å². The molecule has 0 aliphatic heterocycles. The molecule has 2 aromatic carbocycles. The van der Waals surface area contributed by atoms with E-state index in [0.717, 1.165) is 5.56 Å². The molecule has 3 aromatic rings. The van der Waals surface area contributed by atoms with Crippen LogP contribution in [0.25, 0.3) is 0 Å². The number of hydrogen-bond donors (Lipinski definition) is 1. The highest BCUT2D eigenvalue weighted by atomic mass is 16.6. The molecule has 0 aliphatic rings. The van der Waals surface area contributed by atoms with Crippen molar-refractivity contribution < 1.29 is 14.5 Å². The molecule has 0 atom stereocenters. The molecular formula is C19H15N3O4. The maximum Gasteiger partial charge on any atom is 0.311 e. The second kappa shape index (κ2) is 7.43. The summed E-state index contributed by atoms with van der Waals surface area (Å²) in [6.07, 6.45) is 3.16. The molecule has 0 bridgehead atoms. The molecule has 1 amide bonds. The Morgan fingerprint density at radius 3 is 2.58 bits per heavy atom. The number of rotatable bonds is 5. The second-order valence-electron chi connectivity index (χ2n) is 5.55. The van der Waals surface area contributed by atoms with Gasteiger partial charge in [0.15, 0.2) is 0 Å². The van der Waals surface area contributed by atoms with Gasteiger partial charge >= 0.3 is 5.69 Å². The van der Waals surface area contributed by atoms with E-state index >= 15 is 0 Å². The van der Waals surface area contributed by atoms with Gasteiger partial charge in [-0.3, -0.25) is 19.9 Å². The third-order valence-electron chi connectivity index (χ3n) is 3.57. The maximum atomic E-state index is 12.2. The van der Waals surface area contributed by atoms with Crippen LogP contribution >= 0.6 is 0 Å². The van der Waals surface area contributed by atoms with E-state index in [-0.39, 0.29) is 17.3 Å². The Balaban J connectivity index is 1.74. The Morgan fingerprint density at radius 1 is 1.15 bits per heavy atom. The lowest BCUT2D eigenvalue weighted by Crippen LogP contribution is -2.11. The lowest BCUT2D eigenvalue weighted by atomic mass is 10.2. The fraction of sp³-hybridized carbons (Fsp3) is 0.0526. The van der Waals surface area contributed by atoms with E-state index in [1.54, 1.807) is 67.8 Å². The monoisotopic (exact) mass is 349 g/mol. The average molecular weight is 349 g/mol. The molecular weight excluding hydrogens is 334 g/mol. The first-order valence-corrected chi connectivity index (χ1v) is 7.77. The molecule has 3 rings (SSSR count). The lowest BCUT2D eigenvalue weighted by molar-refractivity contribution is -0.385. The van der Waals surface area contributed by atoms with Gasteiger partial charge in [-0.05, 0) is 55.0 Å². The molecule has 1 N–H and O–H groups in total. The zero-order chi connectivity index (χ0) is 18.5. The van der Waals surface area contributed by atoms with Crippen LogP contribution in [0.3, 0.4) is 0 Å². The van der Waals surface area contributed by atoms with Gasteiger partial charge in [0.2, 0.25) is 5.75 Å². The summed E-state index contributed by atoms with van der Waals surface area (Å²) >= 11 is 0. The molecule has 0 aliphatic carbocycles. The van der Waals surface area contributed by atoms with Gasteiger partial charge in [0.25, 0.3) is 5.91 Å². The van der Waals surface area contributed by atoms with Crippen molar-refractivity contribution in [3.05, 3.63) is 88.2 Å². The summed E-state index contributed by atoms with van der Waals surface area (Å²) in [5, 5.41) is 13.9. The van der Waals surface area contributed by atoms with Crippen molar-refractivity contribution in [2.24, 2.45) is 0 Å². The molecule has 130 valence electrons. The first-order valence-electron chi connectivity index (χ1n) is 7.77. The van der Waals surface area contributed by atoms with Crippen molar-refractivity contribution in [1.29, 1.82) is 0 Å². The number of nitro benzene ring substituents is 1. The molecule has 26 heavy (non-hydrogen) atoms. The minimum absolute atomic E-state index is 0.108. The Morgan fingerprint density at radius 2 is 1.92 bits per heavy atom. The molecule has 0 saturated heterocycles. The Hall–Kier alpha value is -3.74. The van der Waals surface area contributed by atoms with E-state index in [1.807, 2.05) is 0 Å². The zero-order valence-corrected chi connectivity index (χ0v) is 13.9. The van der Waals surface area contributed by atoms with Gasteiger partial charge < -0.3 is 10.1 Å². The number of nitrogens with zero attached hydrogens (tertiary/aromatic N) is 2. The van der Waals surface area contributed by atoms with Gasteiger partial charge in [0, 0.05) is 17.8 Å². The van der Waals surface area contributed by atoms with Crippen LogP contribution in [-0.4, -0.2) is 15.8 Å². The number of pyridine rings is 1. The van der Waals surface area contributed by atoms with E-state index in [2.05, 4.69) is 10.3 Å². The number of anilines is 1. The van der Waals surface area contributed by atoms with Crippen molar-refractivity contribution in [2.75, 3.05) is 5.32 Å². The summed E-state index contributed by atoms with van der Waals surface area (Å²) in [4.78, 5) is 26.8. The largest absolute Gasteiger partial charge is 0.450 e. The third-order valence-corrected chi connectivity index (χ3v) is 3.57. The Kier molecular flexibility index (Phi) is 4.89. The average Bonchev–Trinajstić information content (AvgIpc) is 2.64. The van der Waals surface area contributed by atoms with E-state index < -0.39 is 4.92 Å². The number of ether oxygens (including phenoxy) is 1. The smallest absolute Gasteiger partial charge is 0.311 e. The number of aryl methyl sites for hydroxylation is 1. The minimum atomic E-state index is -0.488. The molecule has 7 nitrogen and oxygen atoms in total. The Bertz CT molecular complexity index is 941. The fourth-order valence-corrected chi connectivity index (χ4v) is 2.30. The number of carbonyl (C=O) groups excluding carboxylic acids is 1. The van der Waals surface area contributed by atoms with E-state index in [4.69, 9.17) is 4.74 Å². The summed E-state index contributed by atoms with van der Waals surface area (Å²) in [6, 6.07) is 14.5. The minimum Gasteiger partial charge on any atom is -0.450 e. The number of amides is 1. The van der Waals surface area contributed by atoms with Crippen LogP contribution in [-0.2, 0) is 0 Å². The summed E-state index contributed by atoms with van der Waals surface area (Å²) in [5.41, 5.74) is 1.68. The molecule has 1 aromatic heterocycles. The topological polar surface area (TPSA) is 94.4 Å². The molecule has 0 fully saturated rings. The first kappa shape index (κ1) is 17.1. The summed E-state index contributed by atoms with van der Waals surface area (Å²) < 4.78 is 5.60. The highest BCUT2D eigenvalue weighted by Gasteiger charge is 2.16.